The minimum absolute atomic E-state index is 0.266. The number of amides is 2. The number of hydrogen-bond donors (Lipinski definition) is 2. The summed E-state index contributed by atoms with van der Waals surface area (Å²) in [5.74, 6) is 0. The summed E-state index contributed by atoms with van der Waals surface area (Å²) in [6.45, 7) is 3.85. The van der Waals surface area contributed by atoms with Crippen LogP contribution in [0.4, 0.5) is 10.5 Å². The summed E-state index contributed by atoms with van der Waals surface area (Å²) >= 11 is 0. The third-order valence-corrected chi connectivity index (χ3v) is 1.20. The summed E-state index contributed by atoms with van der Waals surface area (Å²) in [6.07, 6.45) is 3.22. The van der Waals surface area contributed by atoms with Crippen molar-refractivity contribution < 1.29 is 4.79 Å². The molecule has 1 aromatic heterocycles. The van der Waals surface area contributed by atoms with Crippen LogP contribution < -0.4 is 10.6 Å². The maximum Gasteiger partial charge on any atom is 0.319 e. The molecular formula is C8H10N3O. The molecule has 2 amide bonds. The molecule has 0 aliphatic rings. The Hall–Kier alpha value is -1.58. The molecule has 4 heteroatoms. The molecule has 0 fully saturated rings. The van der Waals surface area contributed by atoms with Gasteiger partial charge in [0.15, 0.2) is 0 Å². The van der Waals surface area contributed by atoms with Crippen LogP contribution in [0.2, 0.25) is 0 Å². The number of urea groups is 1. The predicted molar refractivity (Wildman–Crippen MR) is 46.6 cm³/mol. The van der Waals surface area contributed by atoms with E-state index in [-0.39, 0.29) is 6.03 Å². The summed E-state index contributed by atoms with van der Waals surface area (Å²) in [5.41, 5.74) is 0.670. The second-order valence-electron chi connectivity index (χ2n) is 2.12. The molecule has 12 heavy (non-hydrogen) atoms. The topological polar surface area (TPSA) is 54.0 Å². The molecule has 0 saturated heterocycles. The first kappa shape index (κ1) is 8.52. The molecule has 1 radical (unpaired) electrons. The molecule has 0 spiro atoms. The number of nitrogens with one attached hydrogen (secondary N) is 2. The van der Waals surface area contributed by atoms with Gasteiger partial charge in [0.1, 0.15) is 0 Å². The van der Waals surface area contributed by atoms with Crippen molar-refractivity contribution in [2.75, 3.05) is 11.9 Å². The number of aromatic nitrogens is 1. The van der Waals surface area contributed by atoms with E-state index in [2.05, 4.69) is 22.5 Å². The zero-order valence-corrected chi connectivity index (χ0v) is 6.58. The first-order chi connectivity index (χ1) is 5.83. The maximum absolute atomic E-state index is 10.9. The van der Waals surface area contributed by atoms with Gasteiger partial charge in [-0.15, -0.1) is 0 Å². The molecule has 63 valence electrons. The average molecular weight is 164 g/mol. The Kier molecular flexibility index (Phi) is 3.07. The fraction of sp³-hybridized carbons (Fsp3) is 0.125. The molecule has 1 rings (SSSR count). The first-order valence-corrected chi connectivity index (χ1v) is 3.57. The van der Waals surface area contributed by atoms with Crippen LogP contribution in [0.3, 0.4) is 0 Å². The second kappa shape index (κ2) is 4.33. The van der Waals surface area contributed by atoms with E-state index in [1.54, 1.807) is 24.5 Å². The van der Waals surface area contributed by atoms with Gasteiger partial charge in [-0.1, -0.05) is 0 Å². The van der Waals surface area contributed by atoms with E-state index < -0.39 is 0 Å². The van der Waals surface area contributed by atoms with Gasteiger partial charge in [-0.3, -0.25) is 4.98 Å². The lowest BCUT2D eigenvalue weighted by Gasteiger charge is -2.03. The zero-order chi connectivity index (χ0) is 8.81. The fourth-order valence-electron chi connectivity index (χ4n) is 0.726. The van der Waals surface area contributed by atoms with Gasteiger partial charge >= 0.3 is 6.03 Å². The highest BCUT2D eigenvalue weighted by atomic mass is 16.2. The number of carbonyl (C=O) groups excluding carboxylic acids is 1. The highest BCUT2D eigenvalue weighted by Crippen LogP contribution is 2.01. The lowest BCUT2D eigenvalue weighted by atomic mass is 10.4. The molecule has 1 heterocycles. The summed E-state index contributed by atoms with van der Waals surface area (Å²) < 4.78 is 0. The molecular weight excluding hydrogens is 154 g/mol. The van der Waals surface area contributed by atoms with Crippen molar-refractivity contribution in [2.45, 2.75) is 0 Å². The Balaban J connectivity index is 2.47. The van der Waals surface area contributed by atoms with Crippen LogP contribution in [0.25, 0.3) is 0 Å². The van der Waals surface area contributed by atoms with Gasteiger partial charge in [0.2, 0.25) is 0 Å². The largest absolute Gasteiger partial charge is 0.338 e. The van der Waals surface area contributed by atoms with Crippen molar-refractivity contribution in [1.82, 2.24) is 10.3 Å². The Morgan fingerprint density at radius 3 is 3.08 bits per heavy atom. The Morgan fingerprint density at radius 2 is 2.50 bits per heavy atom. The van der Waals surface area contributed by atoms with Crippen LogP contribution in [0.1, 0.15) is 0 Å². The number of anilines is 1. The van der Waals surface area contributed by atoms with Crippen LogP contribution >= 0.6 is 0 Å². The molecule has 0 unspecified atom stereocenters. The lowest BCUT2D eigenvalue weighted by Crippen LogP contribution is -2.28. The van der Waals surface area contributed by atoms with Gasteiger partial charge in [-0.2, -0.15) is 0 Å². The van der Waals surface area contributed by atoms with Crippen LogP contribution in [0.5, 0.6) is 0 Å². The van der Waals surface area contributed by atoms with E-state index in [4.69, 9.17) is 0 Å². The van der Waals surface area contributed by atoms with Crippen molar-refractivity contribution in [3.8, 4) is 0 Å². The molecule has 2 N–H and O–H groups in total. The molecule has 0 atom stereocenters. The molecule has 0 aliphatic heterocycles. The minimum Gasteiger partial charge on any atom is -0.338 e. The van der Waals surface area contributed by atoms with Crippen LogP contribution in [0.15, 0.2) is 24.5 Å². The van der Waals surface area contributed by atoms with E-state index in [0.29, 0.717) is 12.2 Å². The van der Waals surface area contributed by atoms with Gasteiger partial charge in [0, 0.05) is 12.7 Å². The Morgan fingerprint density at radius 1 is 1.67 bits per heavy atom. The SMILES string of the molecule is [CH2]CNC(=O)Nc1cccnc1. The predicted octanol–water partition coefficient (Wildman–Crippen LogP) is 1.04. The Bertz CT molecular complexity index is 248. The van der Waals surface area contributed by atoms with Gasteiger partial charge in [-0.05, 0) is 19.1 Å². The van der Waals surface area contributed by atoms with Crippen molar-refractivity contribution >= 4 is 11.7 Å². The van der Waals surface area contributed by atoms with Gasteiger partial charge in [0.05, 0.1) is 11.9 Å². The number of carbonyl (C=O) groups is 1. The number of hydrogen-bond acceptors (Lipinski definition) is 2. The summed E-state index contributed by atoms with van der Waals surface area (Å²) in [5, 5.41) is 5.10. The first-order valence-electron chi connectivity index (χ1n) is 3.57. The van der Waals surface area contributed by atoms with Crippen molar-refractivity contribution in [1.29, 1.82) is 0 Å². The molecule has 0 aliphatic carbocycles. The van der Waals surface area contributed by atoms with E-state index in [0.717, 1.165) is 0 Å². The summed E-state index contributed by atoms with van der Waals surface area (Å²) in [6, 6.07) is 3.24. The van der Waals surface area contributed by atoms with Crippen LogP contribution in [-0.4, -0.2) is 17.6 Å². The molecule has 0 bridgehead atoms. The van der Waals surface area contributed by atoms with E-state index in [1.807, 2.05) is 0 Å². The highest BCUT2D eigenvalue weighted by molar-refractivity contribution is 5.88. The van der Waals surface area contributed by atoms with E-state index >= 15 is 0 Å². The second-order valence-corrected chi connectivity index (χ2v) is 2.12. The molecule has 0 saturated carbocycles. The van der Waals surface area contributed by atoms with Crippen LogP contribution in [0, 0.1) is 6.92 Å². The smallest absolute Gasteiger partial charge is 0.319 e. The lowest BCUT2D eigenvalue weighted by molar-refractivity contribution is 0.253. The summed E-state index contributed by atoms with van der Waals surface area (Å²) in [7, 11) is 0. The number of rotatable bonds is 2. The number of nitrogens with zero attached hydrogens (tertiary/aromatic N) is 1. The average Bonchev–Trinajstić information content (AvgIpc) is 2.06. The van der Waals surface area contributed by atoms with Gasteiger partial charge < -0.3 is 10.6 Å². The maximum atomic E-state index is 10.9. The zero-order valence-electron chi connectivity index (χ0n) is 6.58. The molecule has 0 aromatic carbocycles. The third kappa shape index (κ3) is 2.57. The van der Waals surface area contributed by atoms with Crippen molar-refractivity contribution in [3.05, 3.63) is 31.5 Å². The molecule has 1 aromatic rings. The van der Waals surface area contributed by atoms with E-state index in [1.165, 1.54) is 0 Å². The normalized spacial score (nSPS) is 9.08. The highest BCUT2D eigenvalue weighted by Gasteiger charge is 1.97. The van der Waals surface area contributed by atoms with Gasteiger partial charge in [-0.25, -0.2) is 4.79 Å². The van der Waals surface area contributed by atoms with Crippen molar-refractivity contribution in [2.24, 2.45) is 0 Å². The van der Waals surface area contributed by atoms with Crippen molar-refractivity contribution in [3.63, 3.8) is 0 Å². The fourth-order valence-corrected chi connectivity index (χ4v) is 0.726. The Labute approximate surface area is 71.0 Å². The quantitative estimate of drug-likeness (QED) is 0.686. The van der Waals surface area contributed by atoms with E-state index in [9.17, 15) is 4.79 Å². The standard InChI is InChI=1S/C8H10N3O/c1-2-10-8(12)11-7-4-3-5-9-6-7/h3-6H,1-2H2,(H2,10,11,12). The minimum atomic E-state index is -0.266. The number of pyridine rings is 1. The molecule has 4 nitrogen and oxygen atoms in total. The monoisotopic (exact) mass is 164 g/mol. The van der Waals surface area contributed by atoms with Gasteiger partial charge in [0.25, 0.3) is 0 Å². The third-order valence-electron chi connectivity index (χ3n) is 1.20. The van der Waals surface area contributed by atoms with Crippen LogP contribution in [-0.2, 0) is 0 Å². The summed E-state index contributed by atoms with van der Waals surface area (Å²) in [4.78, 5) is 14.8.